The van der Waals surface area contributed by atoms with Crippen LogP contribution in [0.25, 0.3) is 11.1 Å². The second kappa shape index (κ2) is 5.33. The van der Waals surface area contributed by atoms with Gasteiger partial charge in [0.2, 0.25) is 5.91 Å². The number of hydrogen-bond acceptors (Lipinski definition) is 3. The number of methoxy groups -OCH3 is 1. The Labute approximate surface area is 118 Å². The molecule has 1 saturated heterocycles. The van der Waals surface area contributed by atoms with Crippen molar-refractivity contribution in [3.63, 3.8) is 0 Å². The zero-order valence-corrected chi connectivity index (χ0v) is 11.4. The Hall–Kier alpha value is -2.36. The molecular formula is C16H16N2O2. The van der Waals surface area contributed by atoms with E-state index in [9.17, 15) is 4.79 Å². The summed E-state index contributed by atoms with van der Waals surface area (Å²) in [5, 5.41) is 0. The van der Waals surface area contributed by atoms with E-state index in [4.69, 9.17) is 4.74 Å². The molecule has 0 aliphatic carbocycles. The number of benzene rings is 1. The number of amides is 1. The molecule has 102 valence electrons. The molecule has 0 atom stereocenters. The fourth-order valence-electron chi connectivity index (χ4n) is 2.54. The maximum absolute atomic E-state index is 11.8. The molecule has 1 aromatic carbocycles. The lowest BCUT2D eigenvalue weighted by atomic mass is 10.1. The van der Waals surface area contributed by atoms with Gasteiger partial charge in [-0.3, -0.25) is 9.78 Å². The lowest BCUT2D eigenvalue weighted by molar-refractivity contribution is -0.117. The van der Waals surface area contributed by atoms with E-state index < -0.39 is 0 Å². The molecular weight excluding hydrogens is 252 g/mol. The van der Waals surface area contributed by atoms with Crippen molar-refractivity contribution in [2.75, 3.05) is 18.6 Å². The van der Waals surface area contributed by atoms with Gasteiger partial charge < -0.3 is 9.64 Å². The first kappa shape index (κ1) is 12.7. The summed E-state index contributed by atoms with van der Waals surface area (Å²) in [6.45, 7) is 0.788. The standard InChI is InChI=1S/C16H16N2O2/c1-20-15-11-13(18-10-2-3-16(18)19)4-5-14(15)12-6-8-17-9-7-12/h4-9,11H,2-3,10H2,1H3. The Morgan fingerprint density at radius 3 is 2.65 bits per heavy atom. The van der Waals surface area contributed by atoms with Gasteiger partial charge in [0.1, 0.15) is 5.75 Å². The van der Waals surface area contributed by atoms with Crippen LogP contribution in [0.4, 0.5) is 5.69 Å². The molecule has 0 radical (unpaired) electrons. The predicted octanol–water partition coefficient (Wildman–Crippen LogP) is 2.88. The summed E-state index contributed by atoms with van der Waals surface area (Å²) in [5.74, 6) is 0.956. The van der Waals surface area contributed by atoms with Gasteiger partial charge in [-0.1, -0.05) is 0 Å². The molecule has 0 saturated carbocycles. The van der Waals surface area contributed by atoms with Crippen molar-refractivity contribution in [2.45, 2.75) is 12.8 Å². The number of aromatic nitrogens is 1. The third-order valence-electron chi connectivity index (χ3n) is 3.56. The zero-order chi connectivity index (χ0) is 13.9. The summed E-state index contributed by atoms with van der Waals surface area (Å²) < 4.78 is 5.48. The molecule has 1 aliphatic heterocycles. The van der Waals surface area contributed by atoms with Crippen molar-refractivity contribution < 1.29 is 9.53 Å². The van der Waals surface area contributed by atoms with Gasteiger partial charge in [0.25, 0.3) is 0 Å². The van der Waals surface area contributed by atoms with Gasteiger partial charge in [0.15, 0.2) is 0 Å². The highest BCUT2D eigenvalue weighted by atomic mass is 16.5. The van der Waals surface area contributed by atoms with Crippen LogP contribution in [0.3, 0.4) is 0 Å². The van der Waals surface area contributed by atoms with Crippen molar-refractivity contribution >= 4 is 11.6 Å². The Kier molecular flexibility index (Phi) is 3.37. The number of hydrogen-bond donors (Lipinski definition) is 0. The van der Waals surface area contributed by atoms with E-state index in [1.54, 1.807) is 19.5 Å². The zero-order valence-electron chi connectivity index (χ0n) is 11.4. The van der Waals surface area contributed by atoms with Crippen molar-refractivity contribution in [3.05, 3.63) is 42.7 Å². The Bertz CT molecular complexity index is 626. The Morgan fingerprint density at radius 2 is 2.00 bits per heavy atom. The van der Waals surface area contributed by atoms with Gasteiger partial charge in [0.05, 0.1) is 7.11 Å². The van der Waals surface area contributed by atoms with E-state index in [0.717, 1.165) is 35.5 Å². The highest BCUT2D eigenvalue weighted by Gasteiger charge is 2.22. The van der Waals surface area contributed by atoms with E-state index in [-0.39, 0.29) is 5.91 Å². The minimum absolute atomic E-state index is 0.184. The maximum Gasteiger partial charge on any atom is 0.227 e. The minimum Gasteiger partial charge on any atom is -0.496 e. The number of carbonyl (C=O) groups is 1. The SMILES string of the molecule is COc1cc(N2CCCC2=O)ccc1-c1ccncc1. The van der Waals surface area contributed by atoms with Crippen LogP contribution < -0.4 is 9.64 Å². The van der Waals surface area contributed by atoms with E-state index in [1.807, 2.05) is 35.2 Å². The highest BCUT2D eigenvalue weighted by Crippen LogP contribution is 2.34. The smallest absolute Gasteiger partial charge is 0.227 e. The predicted molar refractivity (Wildman–Crippen MR) is 77.8 cm³/mol. The van der Waals surface area contributed by atoms with E-state index in [1.165, 1.54) is 0 Å². The number of rotatable bonds is 3. The van der Waals surface area contributed by atoms with Crippen molar-refractivity contribution in [1.82, 2.24) is 4.98 Å². The lowest BCUT2D eigenvalue weighted by Gasteiger charge is -2.18. The van der Waals surface area contributed by atoms with Gasteiger partial charge in [-0.05, 0) is 36.2 Å². The quantitative estimate of drug-likeness (QED) is 0.859. The number of nitrogens with zero attached hydrogens (tertiary/aromatic N) is 2. The van der Waals surface area contributed by atoms with E-state index in [0.29, 0.717) is 6.42 Å². The molecule has 4 nitrogen and oxygen atoms in total. The monoisotopic (exact) mass is 268 g/mol. The summed E-state index contributed by atoms with van der Waals surface area (Å²) in [6, 6.07) is 9.78. The topological polar surface area (TPSA) is 42.4 Å². The summed E-state index contributed by atoms with van der Waals surface area (Å²) in [7, 11) is 1.65. The summed E-state index contributed by atoms with van der Waals surface area (Å²) >= 11 is 0. The highest BCUT2D eigenvalue weighted by molar-refractivity contribution is 5.96. The van der Waals surface area contributed by atoms with Crippen molar-refractivity contribution in [3.8, 4) is 16.9 Å². The maximum atomic E-state index is 11.8. The Balaban J connectivity index is 2.00. The molecule has 1 aliphatic rings. The summed E-state index contributed by atoms with van der Waals surface area (Å²) in [6.07, 6.45) is 5.07. The van der Waals surface area contributed by atoms with Gasteiger partial charge >= 0.3 is 0 Å². The molecule has 1 aromatic heterocycles. The van der Waals surface area contributed by atoms with Crippen LogP contribution in [0, 0.1) is 0 Å². The fourth-order valence-corrected chi connectivity index (χ4v) is 2.54. The molecule has 3 rings (SSSR count). The van der Waals surface area contributed by atoms with Crippen LogP contribution in [0.5, 0.6) is 5.75 Å². The fraction of sp³-hybridized carbons (Fsp3) is 0.250. The van der Waals surface area contributed by atoms with E-state index >= 15 is 0 Å². The van der Waals surface area contributed by atoms with Crippen molar-refractivity contribution in [2.24, 2.45) is 0 Å². The molecule has 1 amide bonds. The molecule has 1 fully saturated rings. The first-order valence-corrected chi connectivity index (χ1v) is 6.68. The Morgan fingerprint density at radius 1 is 1.20 bits per heavy atom. The number of carbonyl (C=O) groups excluding carboxylic acids is 1. The van der Waals surface area contributed by atoms with Crippen LogP contribution >= 0.6 is 0 Å². The molecule has 0 bridgehead atoms. The first-order valence-electron chi connectivity index (χ1n) is 6.68. The molecule has 20 heavy (non-hydrogen) atoms. The number of pyridine rings is 1. The second-order valence-corrected chi connectivity index (χ2v) is 4.77. The lowest BCUT2D eigenvalue weighted by Crippen LogP contribution is -2.23. The minimum atomic E-state index is 0.184. The van der Waals surface area contributed by atoms with Gasteiger partial charge in [-0.25, -0.2) is 0 Å². The van der Waals surface area contributed by atoms with Crippen LogP contribution in [0.2, 0.25) is 0 Å². The summed E-state index contributed by atoms with van der Waals surface area (Å²) in [5.41, 5.74) is 2.96. The van der Waals surface area contributed by atoms with Gasteiger partial charge in [-0.15, -0.1) is 0 Å². The van der Waals surface area contributed by atoms with Gasteiger partial charge in [-0.2, -0.15) is 0 Å². The number of ether oxygens (including phenoxy) is 1. The van der Waals surface area contributed by atoms with E-state index in [2.05, 4.69) is 4.98 Å². The first-order chi connectivity index (χ1) is 9.79. The average molecular weight is 268 g/mol. The molecule has 2 heterocycles. The largest absolute Gasteiger partial charge is 0.496 e. The molecule has 4 heteroatoms. The van der Waals surface area contributed by atoms with Gasteiger partial charge in [0, 0.05) is 42.7 Å². The third kappa shape index (κ3) is 2.25. The normalized spacial score (nSPS) is 14.7. The van der Waals surface area contributed by atoms with Crippen LogP contribution in [0.15, 0.2) is 42.7 Å². The molecule has 0 N–H and O–H groups in total. The van der Waals surface area contributed by atoms with Crippen LogP contribution in [-0.2, 0) is 4.79 Å². The molecule has 0 unspecified atom stereocenters. The molecule has 0 spiro atoms. The molecule has 2 aromatic rings. The van der Waals surface area contributed by atoms with Crippen molar-refractivity contribution in [1.29, 1.82) is 0 Å². The van der Waals surface area contributed by atoms with Crippen LogP contribution in [-0.4, -0.2) is 24.5 Å². The number of anilines is 1. The second-order valence-electron chi connectivity index (χ2n) is 4.77. The summed E-state index contributed by atoms with van der Waals surface area (Å²) in [4.78, 5) is 17.6. The third-order valence-corrected chi connectivity index (χ3v) is 3.56. The van der Waals surface area contributed by atoms with Crippen LogP contribution in [0.1, 0.15) is 12.8 Å². The average Bonchev–Trinajstić information content (AvgIpc) is 2.93.